The first-order valence-corrected chi connectivity index (χ1v) is 7.98. The molecule has 0 spiro atoms. The molecule has 2 nitrogen and oxygen atoms in total. The average molecular weight is 329 g/mol. The molecule has 1 aromatic heterocycles. The first kappa shape index (κ1) is 14.2. The zero-order valence-corrected chi connectivity index (χ0v) is 13.7. The van der Waals surface area contributed by atoms with Gasteiger partial charge in [0.1, 0.15) is 10.5 Å². The Hall–Kier alpha value is -0.220. The predicted molar refractivity (Wildman–Crippen MR) is 81.6 cm³/mol. The molecule has 0 saturated heterocycles. The van der Waals surface area contributed by atoms with E-state index >= 15 is 0 Å². The second kappa shape index (κ2) is 5.83. The molecule has 18 heavy (non-hydrogen) atoms. The summed E-state index contributed by atoms with van der Waals surface area (Å²) in [5.74, 6) is 2.89. The lowest BCUT2D eigenvalue weighted by molar-refractivity contribution is 0.334. The minimum atomic E-state index is 0.434. The van der Waals surface area contributed by atoms with Crippen molar-refractivity contribution in [3.63, 3.8) is 0 Å². The minimum absolute atomic E-state index is 0.434. The Morgan fingerprint density at radius 2 is 2.11 bits per heavy atom. The molecule has 0 radical (unpaired) electrons. The van der Waals surface area contributed by atoms with Crippen LogP contribution in [0.4, 0.5) is 0 Å². The highest BCUT2D eigenvalue weighted by atomic mass is 79.9. The molecule has 0 aliphatic heterocycles. The number of halogens is 1. The monoisotopic (exact) mass is 328 g/mol. The van der Waals surface area contributed by atoms with Crippen LogP contribution in [-0.2, 0) is 0 Å². The molecule has 100 valence electrons. The Bertz CT molecular complexity index is 481. The SMILES string of the molecule is CC1CCCC(c2nc(=S)c(Br)c(C(C)C)[nH]2)C1. The predicted octanol–water partition coefficient (Wildman–Crippen LogP) is 5.32. The lowest BCUT2D eigenvalue weighted by Gasteiger charge is -2.26. The van der Waals surface area contributed by atoms with Crippen molar-refractivity contribution in [3.8, 4) is 0 Å². The van der Waals surface area contributed by atoms with Crippen LogP contribution in [0.25, 0.3) is 0 Å². The van der Waals surface area contributed by atoms with Crippen molar-refractivity contribution < 1.29 is 0 Å². The number of nitrogens with one attached hydrogen (secondary N) is 1. The third-order valence-corrected chi connectivity index (χ3v) is 5.17. The third kappa shape index (κ3) is 3.02. The fourth-order valence-corrected chi connectivity index (χ4v) is 3.62. The smallest absolute Gasteiger partial charge is 0.144 e. The van der Waals surface area contributed by atoms with Crippen molar-refractivity contribution in [2.75, 3.05) is 0 Å². The maximum absolute atomic E-state index is 5.37. The Labute approximate surface area is 123 Å². The normalized spacial score (nSPS) is 24.5. The number of hydrogen-bond acceptors (Lipinski definition) is 2. The molecule has 1 aliphatic rings. The Balaban J connectivity index is 2.36. The number of rotatable bonds is 2. The van der Waals surface area contributed by atoms with E-state index in [0.717, 1.165) is 16.2 Å². The fourth-order valence-electron chi connectivity index (χ4n) is 2.77. The van der Waals surface area contributed by atoms with Crippen molar-refractivity contribution >= 4 is 28.1 Å². The quantitative estimate of drug-likeness (QED) is 0.744. The van der Waals surface area contributed by atoms with Gasteiger partial charge in [-0.05, 0) is 40.6 Å². The summed E-state index contributed by atoms with van der Waals surface area (Å²) < 4.78 is 1.66. The summed E-state index contributed by atoms with van der Waals surface area (Å²) in [6.45, 7) is 6.69. The average Bonchev–Trinajstić information content (AvgIpc) is 2.32. The van der Waals surface area contributed by atoms with Crippen LogP contribution < -0.4 is 0 Å². The highest BCUT2D eigenvalue weighted by Gasteiger charge is 2.23. The Morgan fingerprint density at radius 3 is 2.72 bits per heavy atom. The second-order valence-electron chi connectivity index (χ2n) is 5.78. The van der Waals surface area contributed by atoms with E-state index in [2.05, 4.69) is 46.7 Å². The Morgan fingerprint density at radius 1 is 1.39 bits per heavy atom. The van der Waals surface area contributed by atoms with E-state index in [1.54, 1.807) is 0 Å². The van der Waals surface area contributed by atoms with Gasteiger partial charge in [0, 0.05) is 11.6 Å². The summed E-state index contributed by atoms with van der Waals surface area (Å²) in [5, 5.41) is 0. The topological polar surface area (TPSA) is 28.7 Å². The van der Waals surface area contributed by atoms with Crippen LogP contribution in [0.5, 0.6) is 0 Å². The van der Waals surface area contributed by atoms with Crippen LogP contribution in [0.15, 0.2) is 4.47 Å². The van der Waals surface area contributed by atoms with E-state index in [1.807, 2.05) is 0 Å². The summed E-state index contributed by atoms with van der Waals surface area (Å²) >= 11 is 8.92. The summed E-state index contributed by atoms with van der Waals surface area (Å²) in [5.41, 5.74) is 1.18. The maximum atomic E-state index is 5.37. The second-order valence-corrected chi connectivity index (χ2v) is 6.96. The van der Waals surface area contributed by atoms with Gasteiger partial charge in [0.2, 0.25) is 0 Å². The number of aromatic amines is 1. The molecule has 0 amide bonds. The molecule has 0 bridgehead atoms. The molecule has 2 unspecified atom stereocenters. The zero-order valence-electron chi connectivity index (χ0n) is 11.3. The summed E-state index contributed by atoms with van der Waals surface area (Å²) in [6, 6.07) is 0. The van der Waals surface area contributed by atoms with Gasteiger partial charge in [0.25, 0.3) is 0 Å². The van der Waals surface area contributed by atoms with E-state index in [1.165, 1.54) is 31.4 Å². The Kier molecular flexibility index (Phi) is 4.59. The molecule has 0 aromatic carbocycles. The highest BCUT2D eigenvalue weighted by Crippen LogP contribution is 2.35. The minimum Gasteiger partial charge on any atom is -0.346 e. The summed E-state index contributed by atoms with van der Waals surface area (Å²) in [4.78, 5) is 8.10. The molecule has 1 N–H and O–H groups in total. The molecule has 1 saturated carbocycles. The van der Waals surface area contributed by atoms with Gasteiger partial charge in [-0.1, -0.05) is 45.8 Å². The van der Waals surface area contributed by atoms with Crippen molar-refractivity contribution in [3.05, 3.63) is 20.6 Å². The third-order valence-electron chi connectivity index (χ3n) is 3.81. The maximum Gasteiger partial charge on any atom is 0.144 e. The van der Waals surface area contributed by atoms with E-state index in [-0.39, 0.29) is 0 Å². The number of aromatic nitrogens is 2. The van der Waals surface area contributed by atoms with Gasteiger partial charge in [0.05, 0.1) is 4.47 Å². The number of nitrogens with zero attached hydrogens (tertiary/aromatic N) is 1. The van der Waals surface area contributed by atoms with E-state index in [4.69, 9.17) is 12.2 Å². The van der Waals surface area contributed by atoms with Crippen LogP contribution in [0.2, 0.25) is 0 Å². The van der Waals surface area contributed by atoms with Crippen LogP contribution in [0.1, 0.15) is 69.8 Å². The van der Waals surface area contributed by atoms with Gasteiger partial charge in [-0.3, -0.25) is 0 Å². The number of hydrogen-bond donors (Lipinski definition) is 1. The standard InChI is InChI=1S/C14H21BrN2S/c1-8(2)12-11(15)14(18)17-13(16-12)10-6-4-5-9(3)7-10/h8-10H,4-7H2,1-3H3,(H,16,17,18). The molecule has 1 fully saturated rings. The lowest BCUT2D eigenvalue weighted by atomic mass is 9.82. The molecule has 1 aromatic rings. The van der Waals surface area contributed by atoms with Crippen molar-refractivity contribution in [1.29, 1.82) is 0 Å². The van der Waals surface area contributed by atoms with Crippen LogP contribution >= 0.6 is 28.1 Å². The van der Waals surface area contributed by atoms with Crippen LogP contribution in [0.3, 0.4) is 0 Å². The largest absolute Gasteiger partial charge is 0.346 e. The molecule has 2 atom stereocenters. The molecule has 1 aliphatic carbocycles. The number of H-pyrrole nitrogens is 1. The summed E-state index contributed by atoms with van der Waals surface area (Å²) in [7, 11) is 0. The van der Waals surface area contributed by atoms with E-state index in [0.29, 0.717) is 16.5 Å². The molecule has 4 heteroatoms. The molecular formula is C14H21BrN2S. The van der Waals surface area contributed by atoms with Gasteiger partial charge in [-0.15, -0.1) is 0 Å². The first-order chi connectivity index (χ1) is 8.49. The van der Waals surface area contributed by atoms with Gasteiger partial charge in [0.15, 0.2) is 0 Å². The van der Waals surface area contributed by atoms with Crippen LogP contribution in [-0.4, -0.2) is 9.97 Å². The van der Waals surface area contributed by atoms with Crippen molar-refractivity contribution in [1.82, 2.24) is 9.97 Å². The van der Waals surface area contributed by atoms with Crippen LogP contribution in [0, 0.1) is 10.6 Å². The van der Waals surface area contributed by atoms with Gasteiger partial charge in [-0.25, -0.2) is 4.98 Å². The van der Waals surface area contributed by atoms with E-state index in [9.17, 15) is 0 Å². The van der Waals surface area contributed by atoms with E-state index < -0.39 is 0 Å². The molecule has 1 heterocycles. The molecule has 2 rings (SSSR count). The highest BCUT2D eigenvalue weighted by molar-refractivity contribution is 9.10. The summed E-state index contributed by atoms with van der Waals surface area (Å²) in [6.07, 6.45) is 5.13. The van der Waals surface area contributed by atoms with Crippen molar-refractivity contribution in [2.24, 2.45) is 5.92 Å². The fraction of sp³-hybridized carbons (Fsp3) is 0.714. The van der Waals surface area contributed by atoms with Gasteiger partial charge in [-0.2, -0.15) is 0 Å². The zero-order chi connectivity index (χ0) is 13.3. The first-order valence-electron chi connectivity index (χ1n) is 6.78. The van der Waals surface area contributed by atoms with Crippen molar-refractivity contribution in [2.45, 2.75) is 58.3 Å². The van der Waals surface area contributed by atoms with Gasteiger partial charge < -0.3 is 4.98 Å². The molecular weight excluding hydrogens is 308 g/mol. The lowest BCUT2D eigenvalue weighted by Crippen LogP contribution is -2.15. The van der Waals surface area contributed by atoms with Gasteiger partial charge >= 0.3 is 0 Å².